The van der Waals surface area contributed by atoms with E-state index in [1.54, 1.807) is 0 Å². The van der Waals surface area contributed by atoms with Gasteiger partial charge in [0.05, 0.1) is 0 Å². The van der Waals surface area contributed by atoms with Crippen molar-refractivity contribution < 1.29 is 4.39 Å². The van der Waals surface area contributed by atoms with Gasteiger partial charge in [0, 0.05) is 25.9 Å². The summed E-state index contributed by atoms with van der Waals surface area (Å²) < 4.78 is 14.1. The minimum atomic E-state index is -0.947. The van der Waals surface area contributed by atoms with E-state index in [1.165, 1.54) is 44.1 Å². The van der Waals surface area contributed by atoms with Gasteiger partial charge in [0.15, 0.2) is 5.00 Å². The second kappa shape index (κ2) is 7.28. The van der Waals surface area contributed by atoms with Crippen LogP contribution in [-0.2, 0) is 0 Å². The molecule has 0 aliphatic carbocycles. The van der Waals surface area contributed by atoms with Crippen LogP contribution in [0.2, 0.25) is 0 Å². The van der Waals surface area contributed by atoms with E-state index in [1.807, 2.05) is 6.26 Å². The maximum Gasteiger partial charge on any atom is 0.158 e. The lowest BCUT2D eigenvalue weighted by Crippen LogP contribution is -2.41. The van der Waals surface area contributed by atoms with Crippen molar-refractivity contribution in [3.05, 3.63) is 0 Å². The highest BCUT2D eigenvalue weighted by atomic mass is 32.2. The summed E-state index contributed by atoms with van der Waals surface area (Å²) >= 11 is 1.40. The number of thioether (sulfide) groups is 1. The van der Waals surface area contributed by atoms with Gasteiger partial charge in [-0.2, -0.15) is 0 Å². The SMILES string of the molecule is CSC1(F)CCN(CCC(C)C2CCNCC2)CC1. The van der Waals surface area contributed by atoms with Crippen molar-refractivity contribution in [2.75, 3.05) is 39.0 Å². The number of rotatable bonds is 5. The number of hydrogen-bond donors (Lipinski definition) is 1. The third kappa shape index (κ3) is 4.61. The van der Waals surface area contributed by atoms with Crippen LogP contribution in [0.5, 0.6) is 0 Å². The predicted molar refractivity (Wildman–Crippen MR) is 82.4 cm³/mol. The topological polar surface area (TPSA) is 15.3 Å². The molecule has 1 unspecified atom stereocenters. The molecule has 0 radical (unpaired) electrons. The van der Waals surface area contributed by atoms with Crippen LogP contribution >= 0.6 is 11.8 Å². The van der Waals surface area contributed by atoms with Crippen LogP contribution in [0.3, 0.4) is 0 Å². The highest BCUT2D eigenvalue weighted by molar-refractivity contribution is 7.99. The van der Waals surface area contributed by atoms with Gasteiger partial charge in [0.25, 0.3) is 0 Å². The van der Waals surface area contributed by atoms with E-state index in [2.05, 4.69) is 17.1 Å². The molecular weight excluding hydrogens is 259 g/mol. The molecule has 0 aromatic carbocycles. The highest BCUT2D eigenvalue weighted by Crippen LogP contribution is 2.36. The number of piperidine rings is 2. The van der Waals surface area contributed by atoms with E-state index in [0.29, 0.717) is 12.8 Å². The second-order valence-electron chi connectivity index (χ2n) is 6.28. The Hall–Kier alpha value is 0.200. The molecule has 0 spiro atoms. The van der Waals surface area contributed by atoms with Crippen molar-refractivity contribution in [3.63, 3.8) is 0 Å². The van der Waals surface area contributed by atoms with E-state index >= 15 is 0 Å². The Bertz CT molecular complexity index is 261. The molecule has 2 fully saturated rings. The second-order valence-corrected chi connectivity index (χ2v) is 7.42. The molecule has 2 rings (SSSR count). The van der Waals surface area contributed by atoms with Crippen LogP contribution in [0.25, 0.3) is 0 Å². The Balaban J connectivity index is 1.65. The number of likely N-dealkylation sites (tertiary alicyclic amines) is 1. The molecule has 0 bridgehead atoms. The Morgan fingerprint density at radius 3 is 2.53 bits per heavy atom. The number of hydrogen-bond acceptors (Lipinski definition) is 3. The summed E-state index contributed by atoms with van der Waals surface area (Å²) in [5.74, 6) is 1.72. The Kier molecular flexibility index (Phi) is 5.97. The molecular formula is C15H29FN2S. The molecule has 0 aromatic rings. The van der Waals surface area contributed by atoms with Gasteiger partial charge < -0.3 is 10.2 Å². The van der Waals surface area contributed by atoms with E-state index < -0.39 is 5.00 Å². The summed E-state index contributed by atoms with van der Waals surface area (Å²) in [6, 6.07) is 0. The normalized spacial score (nSPS) is 27.3. The first-order chi connectivity index (χ1) is 9.13. The third-order valence-corrected chi connectivity index (χ3v) is 6.20. The van der Waals surface area contributed by atoms with Crippen molar-refractivity contribution in [1.29, 1.82) is 0 Å². The summed E-state index contributed by atoms with van der Waals surface area (Å²) in [5.41, 5.74) is 0. The van der Waals surface area contributed by atoms with Crippen molar-refractivity contribution in [3.8, 4) is 0 Å². The lowest BCUT2D eigenvalue weighted by atomic mass is 9.84. The van der Waals surface area contributed by atoms with Gasteiger partial charge >= 0.3 is 0 Å². The molecule has 19 heavy (non-hydrogen) atoms. The van der Waals surface area contributed by atoms with Crippen LogP contribution in [0, 0.1) is 11.8 Å². The summed E-state index contributed by atoms with van der Waals surface area (Å²) in [6.07, 6.45) is 7.26. The van der Waals surface area contributed by atoms with Gasteiger partial charge in [-0.15, -0.1) is 11.8 Å². The zero-order valence-electron chi connectivity index (χ0n) is 12.5. The van der Waals surface area contributed by atoms with Crippen LogP contribution in [0.4, 0.5) is 4.39 Å². The van der Waals surface area contributed by atoms with Crippen molar-refractivity contribution >= 4 is 11.8 Å². The summed E-state index contributed by atoms with van der Waals surface area (Å²) in [4.78, 5) is 2.46. The molecule has 0 amide bonds. The largest absolute Gasteiger partial charge is 0.317 e. The van der Waals surface area contributed by atoms with Crippen LogP contribution in [0.1, 0.15) is 39.0 Å². The Morgan fingerprint density at radius 2 is 1.95 bits per heavy atom. The van der Waals surface area contributed by atoms with Gasteiger partial charge in [-0.25, -0.2) is 4.39 Å². The molecule has 1 atom stereocenters. The fourth-order valence-electron chi connectivity index (χ4n) is 3.35. The van der Waals surface area contributed by atoms with Crippen molar-refractivity contribution in [2.24, 2.45) is 11.8 Å². The Labute approximate surface area is 121 Å². The highest BCUT2D eigenvalue weighted by Gasteiger charge is 2.33. The standard InChI is InChI=1S/C15H29FN2S/c1-13(14-3-8-17-9-4-14)5-10-18-11-6-15(16,19-2)7-12-18/h13-14,17H,3-12H2,1-2H3. The molecule has 2 saturated heterocycles. The maximum atomic E-state index is 14.1. The lowest BCUT2D eigenvalue weighted by molar-refractivity contribution is 0.118. The van der Waals surface area contributed by atoms with Crippen LogP contribution in [-0.4, -0.2) is 48.9 Å². The molecule has 0 aromatic heterocycles. The maximum absolute atomic E-state index is 14.1. The minimum Gasteiger partial charge on any atom is -0.317 e. The predicted octanol–water partition coefficient (Wildman–Crippen LogP) is 3.14. The van der Waals surface area contributed by atoms with Crippen molar-refractivity contribution in [1.82, 2.24) is 10.2 Å². The molecule has 2 nitrogen and oxygen atoms in total. The lowest BCUT2D eigenvalue weighted by Gasteiger charge is -2.36. The average molecular weight is 288 g/mol. The first kappa shape index (κ1) is 15.6. The molecule has 2 aliphatic rings. The first-order valence-corrected chi connectivity index (χ1v) is 9.02. The quantitative estimate of drug-likeness (QED) is 0.837. The van der Waals surface area contributed by atoms with Gasteiger partial charge in [-0.05, 0) is 57.0 Å². The van der Waals surface area contributed by atoms with Gasteiger partial charge in [-0.3, -0.25) is 0 Å². The zero-order valence-corrected chi connectivity index (χ0v) is 13.3. The molecule has 2 heterocycles. The Morgan fingerprint density at radius 1 is 1.32 bits per heavy atom. The van der Waals surface area contributed by atoms with E-state index in [0.717, 1.165) is 31.5 Å². The van der Waals surface area contributed by atoms with Gasteiger partial charge in [-0.1, -0.05) is 6.92 Å². The fourth-order valence-corrected chi connectivity index (χ4v) is 3.94. The fraction of sp³-hybridized carbons (Fsp3) is 1.00. The molecule has 112 valence electrons. The summed E-state index contributed by atoms with van der Waals surface area (Å²) in [6.45, 7) is 7.83. The van der Waals surface area contributed by atoms with Crippen LogP contribution in [0.15, 0.2) is 0 Å². The molecule has 2 aliphatic heterocycles. The molecule has 1 N–H and O–H groups in total. The van der Waals surface area contributed by atoms with E-state index in [9.17, 15) is 4.39 Å². The first-order valence-electron chi connectivity index (χ1n) is 7.80. The van der Waals surface area contributed by atoms with Gasteiger partial charge in [0.2, 0.25) is 0 Å². The number of alkyl halides is 1. The smallest absolute Gasteiger partial charge is 0.158 e. The van der Waals surface area contributed by atoms with Gasteiger partial charge in [0.1, 0.15) is 0 Å². The van der Waals surface area contributed by atoms with Crippen molar-refractivity contribution in [2.45, 2.75) is 44.0 Å². The monoisotopic (exact) mass is 288 g/mol. The number of nitrogens with one attached hydrogen (secondary N) is 1. The summed E-state index contributed by atoms with van der Waals surface area (Å²) in [5, 5.41) is 2.49. The van der Waals surface area contributed by atoms with E-state index in [-0.39, 0.29) is 0 Å². The number of halogens is 1. The zero-order chi connectivity index (χ0) is 13.7. The summed E-state index contributed by atoms with van der Waals surface area (Å²) in [7, 11) is 0. The molecule has 4 heteroatoms. The molecule has 0 saturated carbocycles. The number of nitrogens with zero attached hydrogens (tertiary/aromatic N) is 1. The average Bonchev–Trinajstić information content (AvgIpc) is 2.47. The van der Waals surface area contributed by atoms with E-state index in [4.69, 9.17) is 0 Å². The minimum absolute atomic E-state index is 0.704. The third-order valence-electron chi connectivity index (χ3n) is 5.06. The van der Waals surface area contributed by atoms with Crippen LogP contribution < -0.4 is 5.32 Å².